The van der Waals surface area contributed by atoms with E-state index >= 15 is 0 Å². The smallest absolute Gasteiger partial charge is 0.274 e. The van der Waals surface area contributed by atoms with Crippen LogP contribution < -0.4 is 10.0 Å². The van der Waals surface area contributed by atoms with Crippen LogP contribution >= 0.6 is 0 Å². The first-order chi connectivity index (χ1) is 9.20. The molecule has 0 amide bonds. The van der Waals surface area contributed by atoms with E-state index in [0.29, 0.717) is 12.3 Å². The molecule has 0 spiro atoms. The molecule has 2 N–H and O–H groups in total. The van der Waals surface area contributed by atoms with Crippen molar-refractivity contribution in [3.8, 4) is 0 Å². The van der Waals surface area contributed by atoms with Gasteiger partial charge in [0.2, 0.25) is 5.09 Å². The minimum absolute atomic E-state index is 0.119. The SMILES string of the molecule is CC(C)NCc1ccc(S(=O)(=O)NC(C)CS(C)=O)o1. The predicted molar refractivity (Wildman–Crippen MR) is 79.4 cm³/mol. The zero-order valence-corrected chi connectivity index (χ0v) is 13.8. The average molecular weight is 322 g/mol. The first kappa shape index (κ1) is 17.4. The van der Waals surface area contributed by atoms with Gasteiger partial charge in [-0.2, -0.15) is 0 Å². The standard InChI is InChI=1S/C12H22N2O4S2/c1-9(2)13-7-11-5-6-12(18-11)20(16,17)14-10(3)8-19(4)15/h5-6,9-10,13-14H,7-8H2,1-4H3. The summed E-state index contributed by atoms with van der Waals surface area (Å²) in [5, 5.41) is 3.03. The molecule has 1 aromatic heterocycles. The molecule has 0 fully saturated rings. The van der Waals surface area contributed by atoms with Crippen molar-refractivity contribution >= 4 is 20.8 Å². The van der Waals surface area contributed by atoms with E-state index in [-0.39, 0.29) is 16.9 Å². The van der Waals surface area contributed by atoms with Gasteiger partial charge in [0.25, 0.3) is 10.0 Å². The maximum atomic E-state index is 12.1. The molecule has 0 aliphatic carbocycles. The van der Waals surface area contributed by atoms with Crippen molar-refractivity contribution in [2.45, 2.75) is 44.5 Å². The summed E-state index contributed by atoms with van der Waals surface area (Å²) in [5.74, 6) is 0.826. The largest absolute Gasteiger partial charge is 0.447 e. The summed E-state index contributed by atoms with van der Waals surface area (Å²) in [6.07, 6.45) is 1.54. The van der Waals surface area contributed by atoms with Crippen molar-refractivity contribution in [1.29, 1.82) is 0 Å². The highest BCUT2D eigenvalue weighted by Gasteiger charge is 2.21. The molecular weight excluding hydrogens is 300 g/mol. The topological polar surface area (TPSA) is 88.4 Å². The Balaban J connectivity index is 2.70. The van der Waals surface area contributed by atoms with Crippen LogP contribution in [-0.4, -0.2) is 36.7 Å². The lowest BCUT2D eigenvalue weighted by atomic mass is 10.3. The van der Waals surface area contributed by atoms with Crippen molar-refractivity contribution < 1.29 is 17.0 Å². The first-order valence-electron chi connectivity index (χ1n) is 6.35. The summed E-state index contributed by atoms with van der Waals surface area (Å²) >= 11 is 0. The maximum Gasteiger partial charge on any atom is 0.274 e. The van der Waals surface area contributed by atoms with Crippen molar-refractivity contribution in [3.63, 3.8) is 0 Å². The van der Waals surface area contributed by atoms with Crippen molar-refractivity contribution in [3.05, 3.63) is 17.9 Å². The van der Waals surface area contributed by atoms with E-state index in [2.05, 4.69) is 10.0 Å². The number of hydrogen-bond acceptors (Lipinski definition) is 5. The molecule has 6 nitrogen and oxygen atoms in total. The molecule has 1 rings (SSSR count). The third kappa shape index (κ3) is 5.74. The monoisotopic (exact) mass is 322 g/mol. The predicted octanol–water partition coefficient (Wildman–Crippen LogP) is 0.823. The van der Waals surface area contributed by atoms with Crippen LogP contribution in [0.5, 0.6) is 0 Å². The third-order valence-electron chi connectivity index (χ3n) is 2.43. The van der Waals surface area contributed by atoms with Crippen molar-refractivity contribution in [1.82, 2.24) is 10.0 Å². The lowest BCUT2D eigenvalue weighted by molar-refractivity contribution is 0.392. The number of rotatable bonds is 8. The molecule has 1 aromatic rings. The lowest BCUT2D eigenvalue weighted by Crippen LogP contribution is -2.36. The third-order valence-corrected chi connectivity index (χ3v) is 4.86. The van der Waals surface area contributed by atoms with Gasteiger partial charge in [-0.25, -0.2) is 13.1 Å². The maximum absolute atomic E-state index is 12.1. The Hall–Kier alpha value is -0.700. The van der Waals surface area contributed by atoms with Gasteiger partial charge in [0.1, 0.15) is 5.76 Å². The molecule has 116 valence electrons. The van der Waals surface area contributed by atoms with Gasteiger partial charge < -0.3 is 9.73 Å². The van der Waals surface area contributed by atoms with E-state index in [1.807, 2.05) is 13.8 Å². The Bertz CT molecular complexity index is 552. The van der Waals surface area contributed by atoms with Gasteiger partial charge >= 0.3 is 0 Å². The van der Waals surface area contributed by atoms with Crippen LogP contribution in [0.1, 0.15) is 26.5 Å². The van der Waals surface area contributed by atoms with Crippen LogP contribution in [0.3, 0.4) is 0 Å². The van der Waals surface area contributed by atoms with Gasteiger partial charge in [0.05, 0.1) is 6.54 Å². The minimum atomic E-state index is -3.70. The zero-order valence-electron chi connectivity index (χ0n) is 12.2. The van der Waals surface area contributed by atoms with Crippen molar-refractivity contribution in [2.75, 3.05) is 12.0 Å². The molecule has 20 heavy (non-hydrogen) atoms. The summed E-state index contributed by atoms with van der Waals surface area (Å²) in [5.41, 5.74) is 0. The van der Waals surface area contributed by atoms with Gasteiger partial charge in [-0.15, -0.1) is 0 Å². The van der Waals surface area contributed by atoms with E-state index in [9.17, 15) is 12.6 Å². The van der Waals surface area contributed by atoms with Crippen LogP contribution in [0.25, 0.3) is 0 Å². The number of furan rings is 1. The second-order valence-electron chi connectivity index (χ2n) is 5.02. The van der Waals surface area contributed by atoms with Gasteiger partial charge in [-0.05, 0) is 19.1 Å². The Morgan fingerprint density at radius 2 is 1.95 bits per heavy atom. The molecule has 0 aliphatic rings. The van der Waals surface area contributed by atoms with Crippen molar-refractivity contribution in [2.24, 2.45) is 0 Å². The minimum Gasteiger partial charge on any atom is -0.447 e. The summed E-state index contributed by atoms with van der Waals surface area (Å²) in [7, 11) is -4.76. The second-order valence-corrected chi connectivity index (χ2v) is 8.14. The molecule has 1 heterocycles. The molecule has 0 radical (unpaired) electrons. The van der Waals surface area contributed by atoms with Crippen LogP contribution in [0.15, 0.2) is 21.6 Å². The molecule has 2 unspecified atom stereocenters. The van der Waals surface area contributed by atoms with Gasteiger partial charge in [0, 0.05) is 34.9 Å². The normalized spacial score (nSPS) is 15.4. The van der Waals surface area contributed by atoms with E-state index < -0.39 is 26.9 Å². The summed E-state index contributed by atoms with van der Waals surface area (Å²) in [6, 6.07) is 2.94. The zero-order chi connectivity index (χ0) is 15.3. The highest BCUT2D eigenvalue weighted by Crippen LogP contribution is 2.14. The molecule has 8 heteroatoms. The highest BCUT2D eigenvalue weighted by molar-refractivity contribution is 7.89. The van der Waals surface area contributed by atoms with E-state index in [0.717, 1.165) is 0 Å². The Labute approximate surface area is 122 Å². The second kappa shape index (κ2) is 7.35. The highest BCUT2D eigenvalue weighted by atomic mass is 32.2. The molecular formula is C12H22N2O4S2. The molecule has 2 atom stereocenters. The summed E-state index contributed by atoms with van der Waals surface area (Å²) in [6.45, 7) is 6.13. The Morgan fingerprint density at radius 1 is 1.30 bits per heavy atom. The van der Waals surface area contributed by atoms with Gasteiger partial charge in [0.15, 0.2) is 0 Å². The number of nitrogens with one attached hydrogen (secondary N) is 2. The lowest BCUT2D eigenvalue weighted by Gasteiger charge is -2.11. The fourth-order valence-electron chi connectivity index (χ4n) is 1.61. The fourth-order valence-corrected chi connectivity index (χ4v) is 3.70. The van der Waals surface area contributed by atoms with Crippen LogP contribution in [0.2, 0.25) is 0 Å². The van der Waals surface area contributed by atoms with Gasteiger partial charge in [-0.1, -0.05) is 13.8 Å². The summed E-state index contributed by atoms with van der Waals surface area (Å²) in [4.78, 5) is 0. The molecule has 0 aromatic carbocycles. The first-order valence-corrected chi connectivity index (χ1v) is 9.56. The van der Waals surface area contributed by atoms with Crippen LogP contribution in [0, 0.1) is 0 Å². The van der Waals surface area contributed by atoms with Crippen LogP contribution in [0.4, 0.5) is 0 Å². The fraction of sp³-hybridized carbons (Fsp3) is 0.667. The van der Waals surface area contributed by atoms with E-state index in [1.165, 1.54) is 12.3 Å². The van der Waals surface area contributed by atoms with E-state index in [4.69, 9.17) is 4.42 Å². The molecule has 0 bridgehead atoms. The summed E-state index contributed by atoms with van der Waals surface area (Å²) < 4.78 is 42.9. The Kier molecular flexibility index (Phi) is 6.38. The molecule has 0 saturated heterocycles. The quantitative estimate of drug-likeness (QED) is 0.740. The van der Waals surface area contributed by atoms with Crippen LogP contribution in [-0.2, 0) is 27.4 Å². The number of sulfonamides is 1. The molecule has 0 saturated carbocycles. The van der Waals surface area contributed by atoms with E-state index in [1.54, 1.807) is 13.0 Å². The Morgan fingerprint density at radius 3 is 2.50 bits per heavy atom. The molecule has 0 aliphatic heterocycles. The average Bonchev–Trinajstić information content (AvgIpc) is 2.73. The van der Waals surface area contributed by atoms with Gasteiger partial charge in [-0.3, -0.25) is 4.21 Å². The number of hydrogen-bond donors (Lipinski definition) is 2.